The maximum atomic E-state index is 10.2. The van der Waals surface area contributed by atoms with Crippen molar-refractivity contribution in [1.29, 1.82) is 0 Å². The summed E-state index contributed by atoms with van der Waals surface area (Å²) in [5.74, 6) is -0.178. The van der Waals surface area contributed by atoms with Crippen LogP contribution in [0.3, 0.4) is 0 Å². The number of azide groups is 1. The van der Waals surface area contributed by atoms with Crippen LogP contribution in [0.1, 0.15) is 0 Å². The van der Waals surface area contributed by atoms with Crippen molar-refractivity contribution >= 4 is 5.91 Å². The molecule has 8 heavy (non-hydrogen) atoms. The summed E-state index contributed by atoms with van der Waals surface area (Å²) in [5.41, 5.74) is 7.80. The molecule has 1 N–H and O–H groups in total. The lowest BCUT2D eigenvalue weighted by molar-refractivity contribution is -0.127. The molecule has 5 nitrogen and oxygen atoms in total. The molecule has 1 atom stereocenters. The molecule has 5 heteroatoms. The fourth-order valence-corrected chi connectivity index (χ4v) is 0.432. The molecule has 0 aliphatic carbocycles. The summed E-state index contributed by atoms with van der Waals surface area (Å²) in [4.78, 5) is 12.7. The smallest absolute Gasteiger partial charge is 0.230 e. The van der Waals surface area contributed by atoms with Gasteiger partial charge in [0.25, 0.3) is 0 Å². The van der Waals surface area contributed by atoms with Gasteiger partial charge in [0.2, 0.25) is 5.91 Å². The van der Waals surface area contributed by atoms with Crippen molar-refractivity contribution in [3.05, 3.63) is 10.4 Å². The van der Waals surface area contributed by atoms with Crippen molar-refractivity contribution in [2.24, 2.45) is 5.11 Å². The van der Waals surface area contributed by atoms with E-state index in [1.54, 1.807) is 0 Å². The highest BCUT2D eigenvalue weighted by Crippen LogP contribution is 1.98. The van der Waals surface area contributed by atoms with Gasteiger partial charge < -0.3 is 5.32 Å². The van der Waals surface area contributed by atoms with Crippen LogP contribution < -0.4 is 5.32 Å². The third-order valence-corrected chi connectivity index (χ3v) is 0.963. The van der Waals surface area contributed by atoms with Gasteiger partial charge in [-0.1, -0.05) is 5.11 Å². The average Bonchev–Trinajstić information content (AvgIpc) is 1.79. The van der Waals surface area contributed by atoms with E-state index in [4.69, 9.17) is 5.53 Å². The molecule has 0 aromatic heterocycles. The van der Waals surface area contributed by atoms with Crippen molar-refractivity contribution in [3.63, 3.8) is 0 Å². The zero-order chi connectivity index (χ0) is 5.98. The van der Waals surface area contributed by atoms with E-state index in [0.29, 0.717) is 6.54 Å². The van der Waals surface area contributed by atoms with Crippen molar-refractivity contribution in [3.8, 4) is 0 Å². The van der Waals surface area contributed by atoms with Crippen molar-refractivity contribution in [2.75, 3.05) is 6.54 Å². The molecular formula is C3H4N4O. The van der Waals surface area contributed by atoms with E-state index >= 15 is 0 Å². The Bertz CT molecular complexity index is 157. The molecule has 0 aromatic carbocycles. The summed E-state index contributed by atoms with van der Waals surface area (Å²) in [7, 11) is 0. The van der Waals surface area contributed by atoms with Gasteiger partial charge in [0.05, 0.1) is 0 Å². The van der Waals surface area contributed by atoms with E-state index in [1.807, 2.05) is 0 Å². The van der Waals surface area contributed by atoms with Crippen LogP contribution in [-0.4, -0.2) is 18.5 Å². The Morgan fingerprint density at radius 2 is 2.75 bits per heavy atom. The Balaban J connectivity index is 2.49. The molecule has 1 aliphatic heterocycles. The molecule has 1 rings (SSSR count). The van der Waals surface area contributed by atoms with Gasteiger partial charge in [-0.25, -0.2) is 0 Å². The highest BCUT2D eigenvalue weighted by Gasteiger charge is 2.25. The molecule has 1 fully saturated rings. The summed E-state index contributed by atoms with van der Waals surface area (Å²) in [6.45, 7) is 0.489. The van der Waals surface area contributed by atoms with Gasteiger partial charge in [-0.15, -0.1) is 0 Å². The van der Waals surface area contributed by atoms with E-state index in [9.17, 15) is 4.79 Å². The first-order valence-corrected chi connectivity index (χ1v) is 2.16. The minimum atomic E-state index is -0.444. The number of carbonyl (C=O) groups excluding carboxylic acids is 1. The maximum Gasteiger partial charge on any atom is 0.230 e. The fourth-order valence-electron chi connectivity index (χ4n) is 0.432. The Kier molecular flexibility index (Phi) is 1.06. The second-order valence-corrected chi connectivity index (χ2v) is 1.47. The number of rotatable bonds is 1. The first kappa shape index (κ1) is 4.93. The third-order valence-electron chi connectivity index (χ3n) is 0.963. The van der Waals surface area contributed by atoms with Crippen molar-refractivity contribution < 1.29 is 4.79 Å². The number of amides is 1. The predicted octanol–water partition coefficient (Wildman–Crippen LogP) is -0.205. The standard InChI is InChI=1S/C3H4N4O/c4-7-6-2-1-5-3(2)8/h2H,1H2,(H,5,8). The van der Waals surface area contributed by atoms with Gasteiger partial charge >= 0.3 is 0 Å². The minimum Gasteiger partial charge on any atom is -0.355 e. The van der Waals surface area contributed by atoms with Gasteiger partial charge in [0.15, 0.2) is 0 Å². The topological polar surface area (TPSA) is 77.9 Å². The maximum absolute atomic E-state index is 10.2. The second-order valence-electron chi connectivity index (χ2n) is 1.47. The molecule has 0 radical (unpaired) electrons. The highest BCUT2D eigenvalue weighted by molar-refractivity contribution is 5.87. The lowest BCUT2D eigenvalue weighted by atomic mass is 10.2. The summed E-state index contributed by atoms with van der Waals surface area (Å²) >= 11 is 0. The van der Waals surface area contributed by atoms with E-state index in [2.05, 4.69) is 15.3 Å². The third kappa shape index (κ3) is 0.588. The Labute approximate surface area is 45.3 Å². The molecule has 0 bridgehead atoms. The number of nitrogens with zero attached hydrogens (tertiary/aromatic N) is 3. The van der Waals surface area contributed by atoms with Crippen LogP contribution in [0.15, 0.2) is 5.11 Å². The van der Waals surface area contributed by atoms with Crippen LogP contribution in [0.4, 0.5) is 0 Å². The number of carbonyl (C=O) groups is 1. The van der Waals surface area contributed by atoms with Crippen molar-refractivity contribution in [1.82, 2.24) is 5.32 Å². The van der Waals surface area contributed by atoms with Crippen LogP contribution in [0.25, 0.3) is 10.4 Å². The Hall–Kier alpha value is -1.22. The molecule has 0 saturated carbocycles. The van der Waals surface area contributed by atoms with Gasteiger partial charge in [0, 0.05) is 11.5 Å². The molecule has 0 aromatic rings. The Morgan fingerprint density at radius 1 is 2.00 bits per heavy atom. The lowest BCUT2D eigenvalue weighted by Crippen LogP contribution is -2.51. The number of hydrogen-bond donors (Lipinski definition) is 1. The molecule has 1 saturated heterocycles. The first-order valence-electron chi connectivity index (χ1n) is 2.16. The van der Waals surface area contributed by atoms with Gasteiger partial charge in [-0.2, -0.15) is 0 Å². The predicted molar refractivity (Wildman–Crippen MR) is 25.9 cm³/mol. The molecule has 1 aliphatic rings. The second kappa shape index (κ2) is 1.71. The quantitative estimate of drug-likeness (QED) is 0.217. The van der Waals surface area contributed by atoms with Crippen LogP contribution in [-0.2, 0) is 4.79 Å². The SMILES string of the molecule is [N-]=[N+]=NC1CNC1=O. The first-order chi connectivity index (χ1) is 3.84. The molecule has 1 amide bonds. The fraction of sp³-hybridized carbons (Fsp3) is 0.667. The van der Waals surface area contributed by atoms with Crippen LogP contribution >= 0.6 is 0 Å². The van der Waals surface area contributed by atoms with Crippen LogP contribution in [0.5, 0.6) is 0 Å². The van der Waals surface area contributed by atoms with Crippen LogP contribution in [0.2, 0.25) is 0 Å². The highest BCUT2D eigenvalue weighted by atomic mass is 16.2. The number of β-lactam (4-membered cyclic amide) rings is 1. The largest absolute Gasteiger partial charge is 0.355 e. The lowest BCUT2D eigenvalue weighted by Gasteiger charge is -2.20. The van der Waals surface area contributed by atoms with E-state index in [-0.39, 0.29) is 5.91 Å². The van der Waals surface area contributed by atoms with Crippen LogP contribution in [0, 0.1) is 0 Å². The molecule has 1 heterocycles. The Morgan fingerprint density at radius 3 is 2.88 bits per heavy atom. The summed E-state index contributed by atoms with van der Waals surface area (Å²) < 4.78 is 0. The molecule has 0 spiro atoms. The molecule has 1 unspecified atom stereocenters. The van der Waals surface area contributed by atoms with Gasteiger partial charge in [0.1, 0.15) is 6.04 Å². The zero-order valence-electron chi connectivity index (χ0n) is 4.03. The molecular weight excluding hydrogens is 108 g/mol. The zero-order valence-corrected chi connectivity index (χ0v) is 4.03. The average molecular weight is 112 g/mol. The minimum absolute atomic E-state index is 0.178. The molecule has 42 valence electrons. The van der Waals surface area contributed by atoms with E-state index < -0.39 is 6.04 Å². The van der Waals surface area contributed by atoms with Crippen molar-refractivity contribution in [2.45, 2.75) is 6.04 Å². The summed E-state index contributed by atoms with van der Waals surface area (Å²) in [6.07, 6.45) is 0. The van der Waals surface area contributed by atoms with Gasteiger partial charge in [-0.3, -0.25) is 4.79 Å². The number of hydrogen-bond acceptors (Lipinski definition) is 2. The monoisotopic (exact) mass is 112 g/mol. The normalized spacial score (nSPS) is 25.0. The number of nitrogens with one attached hydrogen (secondary N) is 1. The van der Waals surface area contributed by atoms with E-state index in [0.717, 1.165) is 0 Å². The summed E-state index contributed by atoms with van der Waals surface area (Å²) in [6, 6.07) is -0.444. The summed E-state index contributed by atoms with van der Waals surface area (Å²) in [5, 5.41) is 5.62. The van der Waals surface area contributed by atoms with E-state index in [1.165, 1.54) is 0 Å². The van der Waals surface area contributed by atoms with Gasteiger partial charge in [-0.05, 0) is 5.53 Å².